The molecule has 0 unspecified atom stereocenters. The molecule has 0 bridgehead atoms. The van der Waals surface area contributed by atoms with Crippen molar-refractivity contribution < 1.29 is 18.0 Å². The summed E-state index contributed by atoms with van der Waals surface area (Å²) < 4.78 is 35.2. The van der Waals surface area contributed by atoms with E-state index in [1.807, 2.05) is 30.3 Å². The predicted octanol–water partition coefficient (Wildman–Crippen LogP) is 5.99. The standard InChI is InChI=1S/C24H41FN4O3Si2/c1-23(2,3)33(7,8)30-16-18-20(32-34(9,10)24(4,5)6)19(25)22(31-18)29-27-21(26-28-29)17-14-12-11-13-15-17/h11-15,18-20,22H,16H2,1-10H3/t18-,19+,20-,22+/m1/s1. The van der Waals surface area contributed by atoms with Gasteiger partial charge in [-0.15, -0.1) is 15.0 Å². The first-order chi connectivity index (χ1) is 15.5. The number of nitrogens with zero attached hydrogens (tertiary/aromatic N) is 4. The first-order valence-corrected chi connectivity index (χ1v) is 17.8. The normalized spacial score (nSPS) is 24.6. The van der Waals surface area contributed by atoms with Gasteiger partial charge in [-0.1, -0.05) is 71.9 Å². The second-order valence-corrected chi connectivity index (χ2v) is 21.8. The molecule has 0 amide bonds. The third-order valence-corrected chi connectivity index (χ3v) is 16.6. The number of rotatable bonds is 7. The van der Waals surface area contributed by atoms with E-state index >= 15 is 4.39 Å². The van der Waals surface area contributed by atoms with Gasteiger partial charge < -0.3 is 13.6 Å². The molecule has 1 aromatic heterocycles. The molecule has 1 aromatic carbocycles. The molecule has 0 radical (unpaired) electrons. The highest BCUT2D eigenvalue weighted by Crippen LogP contribution is 2.43. The van der Waals surface area contributed by atoms with Gasteiger partial charge in [-0.05, 0) is 41.5 Å². The molecular formula is C24H41FN4O3Si2. The highest BCUT2D eigenvalue weighted by Gasteiger charge is 2.53. The lowest BCUT2D eigenvalue weighted by Gasteiger charge is -2.40. The summed E-state index contributed by atoms with van der Waals surface area (Å²) in [5, 5.41) is 12.6. The summed E-state index contributed by atoms with van der Waals surface area (Å²) >= 11 is 0. The lowest BCUT2D eigenvalue weighted by molar-refractivity contribution is -0.0555. The predicted molar refractivity (Wildman–Crippen MR) is 137 cm³/mol. The third-order valence-electron chi connectivity index (χ3n) is 7.61. The molecule has 4 atom stereocenters. The number of aromatic nitrogens is 4. The van der Waals surface area contributed by atoms with Gasteiger partial charge >= 0.3 is 0 Å². The minimum Gasteiger partial charge on any atom is -0.414 e. The molecular weight excluding hydrogens is 467 g/mol. The number of hydrogen-bond donors (Lipinski definition) is 0. The fourth-order valence-electron chi connectivity index (χ4n) is 3.22. The summed E-state index contributed by atoms with van der Waals surface area (Å²) in [6, 6.07) is 9.50. The Labute approximate surface area is 205 Å². The molecule has 1 fully saturated rings. The van der Waals surface area contributed by atoms with E-state index in [9.17, 15) is 0 Å². The van der Waals surface area contributed by atoms with Crippen molar-refractivity contribution >= 4 is 16.6 Å². The van der Waals surface area contributed by atoms with Crippen LogP contribution in [0.4, 0.5) is 4.39 Å². The zero-order valence-corrected chi connectivity index (χ0v) is 24.3. The molecule has 1 aliphatic heterocycles. The Morgan fingerprint density at radius 1 is 0.971 bits per heavy atom. The van der Waals surface area contributed by atoms with Gasteiger partial charge in [-0.2, -0.15) is 0 Å². The summed E-state index contributed by atoms with van der Waals surface area (Å²) in [7, 11) is -4.33. The van der Waals surface area contributed by atoms with E-state index < -0.39 is 41.2 Å². The van der Waals surface area contributed by atoms with Crippen LogP contribution in [0.5, 0.6) is 0 Å². The average molecular weight is 509 g/mol. The topological polar surface area (TPSA) is 71.3 Å². The highest BCUT2D eigenvalue weighted by molar-refractivity contribution is 6.74. The van der Waals surface area contributed by atoms with Crippen LogP contribution in [0.2, 0.25) is 36.3 Å². The molecule has 0 saturated carbocycles. The van der Waals surface area contributed by atoms with Crippen molar-refractivity contribution in [2.75, 3.05) is 6.61 Å². The summed E-state index contributed by atoms with van der Waals surface area (Å²) in [5.74, 6) is 0.430. The lowest BCUT2D eigenvalue weighted by Crippen LogP contribution is -2.50. The van der Waals surface area contributed by atoms with Gasteiger partial charge in [0.15, 0.2) is 22.8 Å². The zero-order valence-electron chi connectivity index (χ0n) is 22.3. The van der Waals surface area contributed by atoms with Crippen molar-refractivity contribution in [1.29, 1.82) is 0 Å². The molecule has 0 spiro atoms. The smallest absolute Gasteiger partial charge is 0.205 e. The number of hydrogen-bond acceptors (Lipinski definition) is 6. The van der Waals surface area contributed by atoms with Crippen LogP contribution in [0.3, 0.4) is 0 Å². The van der Waals surface area contributed by atoms with Gasteiger partial charge in [-0.25, -0.2) is 4.39 Å². The first-order valence-electron chi connectivity index (χ1n) is 12.0. The van der Waals surface area contributed by atoms with Gasteiger partial charge in [0.1, 0.15) is 12.2 Å². The summed E-state index contributed by atoms with van der Waals surface area (Å²) in [6.45, 7) is 21.9. The maximum atomic E-state index is 16.0. The van der Waals surface area contributed by atoms with Crippen LogP contribution in [0, 0.1) is 0 Å². The molecule has 1 aliphatic rings. The minimum atomic E-state index is -2.27. The van der Waals surface area contributed by atoms with Gasteiger partial charge in [0, 0.05) is 5.56 Å². The highest BCUT2D eigenvalue weighted by atomic mass is 28.4. The van der Waals surface area contributed by atoms with Crippen LogP contribution >= 0.6 is 0 Å². The molecule has 34 heavy (non-hydrogen) atoms. The van der Waals surface area contributed by atoms with Crippen LogP contribution in [-0.4, -0.2) is 61.8 Å². The van der Waals surface area contributed by atoms with E-state index in [1.165, 1.54) is 4.80 Å². The molecule has 2 heterocycles. The number of alkyl halides is 1. The van der Waals surface area contributed by atoms with Crippen molar-refractivity contribution in [1.82, 2.24) is 20.2 Å². The molecule has 0 N–H and O–H groups in total. The molecule has 2 aromatic rings. The van der Waals surface area contributed by atoms with Crippen LogP contribution in [-0.2, 0) is 13.6 Å². The quantitative estimate of drug-likeness (QED) is 0.428. The Hall–Kier alpha value is -1.47. The van der Waals surface area contributed by atoms with E-state index in [1.54, 1.807) is 0 Å². The van der Waals surface area contributed by atoms with E-state index in [0.717, 1.165) is 5.56 Å². The van der Waals surface area contributed by atoms with Gasteiger partial charge in [0.2, 0.25) is 12.1 Å². The van der Waals surface area contributed by atoms with E-state index in [-0.39, 0.29) is 16.7 Å². The minimum absolute atomic E-state index is 0.0357. The lowest BCUT2D eigenvalue weighted by atomic mass is 10.1. The van der Waals surface area contributed by atoms with E-state index in [0.29, 0.717) is 5.82 Å². The fraction of sp³-hybridized carbons (Fsp3) is 0.708. The number of halogens is 1. The molecule has 7 nitrogen and oxygen atoms in total. The summed E-state index contributed by atoms with van der Waals surface area (Å²) in [5.41, 5.74) is 0.814. The van der Waals surface area contributed by atoms with Crippen LogP contribution < -0.4 is 0 Å². The molecule has 1 saturated heterocycles. The first kappa shape index (κ1) is 27.1. The Morgan fingerprint density at radius 2 is 1.56 bits per heavy atom. The van der Waals surface area contributed by atoms with Crippen LogP contribution in [0.25, 0.3) is 11.4 Å². The summed E-state index contributed by atoms with van der Waals surface area (Å²) in [6.07, 6.45) is -3.79. The van der Waals surface area contributed by atoms with E-state index in [2.05, 4.69) is 83.1 Å². The van der Waals surface area contributed by atoms with Crippen molar-refractivity contribution in [2.24, 2.45) is 0 Å². The largest absolute Gasteiger partial charge is 0.414 e. The number of benzene rings is 1. The van der Waals surface area contributed by atoms with Gasteiger partial charge in [-0.3, -0.25) is 0 Å². The fourth-order valence-corrected chi connectivity index (χ4v) is 5.55. The SMILES string of the molecule is CC(C)(C)[Si](C)(C)OC[C@H]1O[C@H](n2nnc(-c3ccccc3)n2)[C@@H](F)[C@@H]1O[Si](C)(C)C(C)(C)C. The van der Waals surface area contributed by atoms with Crippen LogP contribution in [0.1, 0.15) is 47.8 Å². The maximum absolute atomic E-state index is 16.0. The Bertz CT molecular complexity index is 957. The molecule has 10 heteroatoms. The van der Waals surface area contributed by atoms with Crippen molar-refractivity contribution in [2.45, 2.75) is 102 Å². The Balaban J connectivity index is 1.86. The van der Waals surface area contributed by atoms with Crippen molar-refractivity contribution in [3.63, 3.8) is 0 Å². The molecule has 190 valence electrons. The zero-order chi connectivity index (χ0) is 25.5. The Morgan fingerprint density at radius 3 is 2.12 bits per heavy atom. The summed E-state index contributed by atoms with van der Waals surface area (Å²) in [4.78, 5) is 1.24. The maximum Gasteiger partial charge on any atom is 0.205 e. The monoisotopic (exact) mass is 508 g/mol. The number of ether oxygens (including phenoxy) is 1. The Kier molecular flexibility index (Phi) is 7.61. The van der Waals surface area contributed by atoms with Gasteiger partial charge in [0.25, 0.3) is 0 Å². The van der Waals surface area contributed by atoms with Crippen LogP contribution in [0.15, 0.2) is 30.3 Å². The number of tetrazole rings is 1. The second-order valence-electron chi connectivity index (χ2n) is 12.2. The molecule has 3 rings (SSSR count). The molecule has 0 aliphatic carbocycles. The van der Waals surface area contributed by atoms with E-state index in [4.69, 9.17) is 13.6 Å². The van der Waals surface area contributed by atoms with Crippen molar-refractivity contribution in [3.05, 3.63) is 30.3 Å². The van der Waals surface area contributed by atoms with Gasteiger partial charge in [0.05, 0.1) is 6.61 Å². The third kappa shape index (κ3) is 5.67. The van der Waals surface area contributed by atoms with Crippen molar-refractivity contribution in [3.8, 4) is 11.4 Å². The second kappa shape index (κ2) is 9.53. The average Bonchev–Trinajstić information content (AvgIpc) is 3.31.